The van der Waals surface area contributed by atoms with Crippen LogP contribution in [0, 0.1) is 5.92 Å². The molecule has 0 spiro atoms. The molecule has 0 saturated heterocycles. The molecule has 0 radical (unpaired) electrons. The summed E-state index contributed by atoms with van der Waals surface area (Å²) >= 11 is 0. The van der Waals surface area contributed by atoms with Crippen LogP contribution in [0.3, 0.4) is 0 Å². The Kier molecular flexibility index (Phi) is 8.24. The zero-order valence-corrected chi connectivity index (χ0v) is 16.7. The first-order chi connectivity index (χ1) is 13.1. The van der Waals surface area contributed by atoms with Crippen LogP contribution < -0.4 is 14.2 Å². The van der Waals surface area contributed by atoms with Gasteiger partial charge in [-0.1, -0.05) is 51.0 Å². The van der Waals surface area contributed by atoms with Gasteiger partial charge in [-0.2, -0.15) is 0 Å². The summed E-state index contributed by atoms with van der Waals surface area (Å²) in [6.45, 7) is 9.35. The number of benzene rings is 2. The second-order valence-corrected chi connectivity index (χ2v) is 6.52. The lowest BCUT2D eigenvalue weighted by Crippen LogP contribution is -2.16. The Bertz CT molecular complexity index is 741. The SMILES string of the molecule is CCCCC(C)COC(=O)Oc1c(OCC)cc(OCC)c2ccccc12. The van der Waals surface area contributed by atoms with Gasteiger partial charge in [0.1, 0.15) is 5.75 Å². The molecule has 5 heteroatoms. The number of fused-ring (bicyclic) bond motifs is 1. The van der Waals surface area contributed by atoms with Crippen molar-refractivity contribution in [1.82, 2.24) is 0 Å². The molecular formula is C22H30O5. The van der Waals surface area contributed by atoms with Crippen LogP contribution in [-0.4, -0.2) is 26.0 Å². The number of hydrogen-bond acceptors (Lipinski definition) is 5. The average molecular weight is 374 g/mol. The van der Waals surface area contributed by atoms with Gasteiger partial charge in [0.2, 0.25) is 0 Å². The molecular weight excluding hydrogens is 344 g/mol. The number of hydrogen-bond donors (Lipinski definition) is 0. The van der Waals surface area contributed by atoms with Crippen molar-refractivity contribution >= 4 is 16.9 Å². The molecule has 0 bridgehead atoms. The van der Waals surface area contributed by atoms with Crippen molar-refractivity contribution < 1.29 is 23.7 Å². The molecule has 0 heterocycles. The molecule has 0 aliphatic carbocycles. The molecule has 27 heavy (non-hydrogen) atoms. The van der Waals surface area contributed by atoms with Crippen molar-refractivity contribution in [2.75, 3.05) is 19.8 Å². The van der Waals surface area contributed by atoms with Crippen molar-refractivity contribution in [1.29, 1.82) is 0 Å². The Hall–Kier alpha value is -2.43. The summed E-state index contributed by atoms with van der Waals surface area (Å²) in [6.07, 6.45) is 2.57. The molecule has 1 atom stereocenters. The molecule has 0 saturated carbocycles. The van der Waals surface area contributed by atoms with Gasteiger partial charge in [-0.15, -0.1) is 0 Å². The van der Waals surface area contributed by atoms with Gasteiger partial charge in [-0.05, 0) is 26.2 Å². The second-order valence-electron chi connectivity index (χ2n) is 6.52. The highest BCUT2D eigenvalue weighted by Crippen LogP contribution is 2.41. The topological polar surface area (TPSA) is 54.0 Å². The monoisotopic (exact) mass is 374 g/mol. The first-order valence-corrected chi connectivity index (χ1v) is 9.76. The number of ether oxygens (including phenoxy) is 4. The Labute approximate surface area is 161 Å². The van der Waals surface area contributed by atoms with Crippen molar-refractivity contribution in [3.05, 3.63) is 30.3 Å². The first-order valence-electron chi connectivity index (χ1n) is 9.76. The summed E-state index contributed by atoms with van der Waals surface area (Å²) in [7, 11) is 0. The van der Waals surface area contributed by atoms with Crippen LogP contribution in [0.2, 0.25) is 0 Å². The maximum absolute atomic E-state index is 12.3. The van der Waals surface area contributed by atoms with Crippen LogP contribution in [0.5, 0.6) is 17.2 Å². The third kappa shape index (κ3) is 5.78. The third-order valence-corrected chi connectivity index (χ3v) is 4.24. The van der Waals surface area contributed by atoms with E-state index in [0.29, 0.717) is 43.0 Å². The van der Waals surface area contributed by atoms with E-state index in [1.165, 1.54) is 0 Å². The zero-order valence-electron chi connectivity index (χ0n) is 16.7. The minimum absolute atomic E-state index is 0.306. The highest BCUT2D eigenvalue weighted by molar-refractivity contribution is 5.96. The van der Waals surface area contributed by atoms with E-state index in [1.54, 1.807) is 6.07 Å². The van der Waals surface area contributed by atoms with E-state index in [1.807, 2.05) is 38.1 Å². The summed E-state index contributed by atoms with van der Waals surface area (Å²) in [5, 5.41) is 1.62. The van der Waals surface area contributed by atoms with Gasteiger partial charge in [0.25, 0.3) is 0 Å². The third-order valence-electron chi connectivity index (χ3n) is 4.24. The summed E-state index contributed by atoms with van der Waals surface area (Å²) in [6, 6.07) is 9.39. The van der Waals surface area contributed by atoms with Crippen molar-refractivity contribution in [2.45, 2.75) is 47.0 Å². The molecule has 2 aromatic rings. The molecule has 2 aromatic carbocycles. The van der Waals surface area contributed by atoms with E-state index in [-0.39, 0.29) is 0 Å². The minimum Gasteiger partial charge on any atom is -0.493 e. The average Bonchev–Trinajstić information content (AvgIpc) is 2.67. The lowest BCUT2D eigenvalue weighted by molar-refractivity contribution is 0.0839. The van der Waals surface area contributed by atoms with Crippen LogP contribution in [0.15, 0.2) is 30.3 Å². The lowest BCUT2D eigenvalue weighted by atomic mass is 10.1. The standard InChI is InChI=1S/C22H30O5/c1-5-8-11-16(4)15-26-22(23)27-21-18-13-10-9-12-17(18)19(24-6-2)14-20(21)25-7-3/h9-10,12-14,16H,5-8,11,15H2,1-4H3. The molecule has 1 unspecified atom stereocenters. The molecule has 0 aliphatic rings. The maximum atomic E-state index is 12.3. The highest BCUT2D eigenvalue weighted by Gasteiger charge is 2.19. The lowest BCUT2D eigenvalue weighted by Gasteiger charge is -2.17. The Morgan fingerprint density at radius 3 is 2.33 bits per heavy atom. The Morgan fingerprint density at radius 2 is 1.67 bits per heavy atom. The smallest absolute Gasteiger partial charge is 0.493 e. The van der Waals surface area contributed by atoms with Gasteiger partial charge in [0.05, 0.1) is 19.8 Å². The van der Waals surface area contributed by atoms with Gasteiger partial charge in [0, 0.05) is 16.8 Å². The van der Waals surface area contributed by atoms with Crippen LogP contribution in [0.1, 0.15) is 47.0 Å². The van der Waals surface area contributed by atoms with Crippen LogP contribution in [0.4, 0.5) is 4.79 Å². The number of carbonyl (C=O) groups is 1. The number of carbonyl (C=O) groups excluding carboxylic acids is 1. The van der Waals surface area contributed by atoms with Gasteiger partial charge >= 0.3 is 6.16 Å². The summed E-state index contributed by atoms with van der Waals surface area (Å²) in [5.74, 6) is 1.84. The van der Waals surface area contributed by atoms with E-state index in [2.05, 4.69) is 13.8 Å². The fraction of sp³-hybridized carbons (Fsp3) is 0.500. The van der Waals surface area contributed by atoms with Crippen molar-refractivity contribution in [3.8, 4) is 17.2 Å². The largest absolute Gasteiger partial charge is 0.514 e. The molecule has 0 amide bonds. The Balaban J connectivity index is 2.24. The quantitative estimate of drug-likeness (QED) is 0.378. The van der Waals surface area contributed by atoms with E-state index < -0.39 is 6.16 Å². The zero-order chi connectivity index (χ0) is 19.6. The van der Waals surface area contributed by atoms with Gasteiger partial charge in [-0.3, -0.25) is 0 Å². The maximum Gasteiger partial charge on any atom is 0.514 e. The number of unbranched alkanes of at least 4 members (excludes halogenated alkanes) is 1. The molecule has 0 aliphatic heterocycles. The molecule has 0 N–H and O–H groups in total. The van der Waals surface area contributed by atoms with E-state index in [4.69, 9.17) is 18.9 Å². The predicted molar refractivity (Wildman–Crippen MR) is 107 cm³/mol. The molecule has 5 nitrogen and oxygen atoms in total. The van der Waals surface area contributed by atoms with Gasteiger partial charge in [-0.25, -0.2) is 4.79 Å². The molecule has 0 fully saturated rings. The minimum atomic E-state index is -0.714. The normalized spacial score (nSPS) is 11.9. The first kappa shape index (κ1) is 20.9. The predicted octanol–water partition coefficient (Wildman–Crippen LogP) is 5.98. The summed E-state index contributed by atoms with van der Waals surface area (Å²) in [5.41, 5.74) is 0. The van der Waals surface area contributed by atoms with Crippen LogP contribution in [0.25, 0.3) is 10.8 Å². The molecule has 148 valence electrons. The van der Waals surface area contributed by atoms with Crippen LogP contribution in [-0.2, 0) is 4.74 Å². The second kappa shape index (κ2) is 10.7. The highest BCUT2D eigenvalue weighted by atomic mass is 16.7. The van der Waals surface area contributed by atoms with Gasteiger partial charge in [0.15, 0.2) is 11.5 Å². The summed E-state index contributed by atoms with van der Waals surface area (Å²) in [4.78, 5) is 12.3. The van der Waals surface area contributed by atoms with E-state index >= 15 is 0 Å². The van der Waals surface area contributed by atoms with E-state index in [9.17, 15) is 4.79 Å². The van der Waals surface area contributed by atoms with Crippen LogP contribution >= 0.6 is 0 Å². The van der Waals surface area contributed by atoms with Crippen molar-refractivity contribution in [3.63, 3.8) is 0 Å². The fourth-order valence-corrected chi connectivity index (χ4v) is 2.89. The number of rotatable bonds is 10. The summed E-state index contributed by atoms with van der Waals surface area (Å²) < 4.78 is 22.3. The molecule has 2 rings (SSSR count). The van der Waals surface area contributed by atoms with Crippen molar-refractivity contribution in [2.24, 2.45) is 5.92 Å². The van der Waals surface area contributed by atoms with Gasteiger partial charge < -0.3 is 18.9 Å². The molecule has 0 aromatic heterocycles. The van der Waals surface area contributed by atoms with E-state index in [0.717, 1.165) is 30.0 Å². The Morgan fingerprint density at radius 1 is 1.00 bits per heavy atom. The fourth-order valence-electron chi connectivity index (χ4n) is 2.89.